The highest BCUT2D eigenvalue weighted by molar-refractivity contribution is 7.92. The largest absolute Gasteiger partial charge is 0.341 e. The summed E-state index contributed by atoms with van der Waals surface area (Å²) in [6.45, 7) is 2.77. The van der Waals surface area contributed by atoms with E-state index in [1.54, 1.807) is 18.3 Å². The lowest BCUT2D eigenvalue weighted by Crippen LogP contribution is -2.17. The van der Waals surface area contributed by atoms with E-state index in [4.69, 9.17) is 0 Å². The Morgan fingerprint density at radius 3 is 2.23 bits per heavy atom. The van der Waals surface area contributed by atoms with Crippen molar-refractivity contribution < 1.29 is 12.8 Å². The Labute approximate surface area is 152 Å². The smallest absolute Gasteiger partial charge is 0.263 e. The molecule has 3 aromatic rings. The third-order valence-electron chi connectivity index (χ3n) is 3.81. The highest BCUT2D eigenvalue weighted by Crippen LogP contribution is 2.25. The zero-order valence-electron chi connectivity index (χ0n) is 14.1. The van der Waals surface area contributed by atoms with Crippen LogP contribution in [0.15, 0.2) is 77.8 Å². The van der Waals surface area contributed by atoms with Crippen LogP contribution in [0.4, 0.5) is 21.6 Å². The second-order valence-corrected chi connectivity index (χ2v) is 7.22. The number of hydrogen-bond donors (Lipinski definition) is 1. The van der Waals surface area contributed by atoms with E-state index >= 15 is 0 Å². The van der Waals surface area contributed by atoms with Gasteiger partial charge in [0.15, 0.2) is 0 Å². The summed E-state index contributed by atoms with van der Waals surface area (Å²) in [5, 5.41) is 0. The number of anilines is 3. The molecule has 5 nitrogen and oxygen atoms in total. The quantitative estimate of drug-likeness (QED) is 0.706. The molecule has 0 aliphatic heterocycles. The maximum atomic E-state index is 13.0. The maximum Gasteiger partial charge on any atom is 0.263 e. The molecule has 0 saturated carbocycles. The van der Waals surface area contributed by atoms with Gasteiger partial charge in [0, 0.05) is 12.2 Å². The summed E-state index contributed by atoms with van der Waals surface area (Å²) in [5.41, 5.74) is 1.87. The molecule has 0 atom stereocenters. The van der Waals surface area contributed by atoms with Crippen molar-refractivity contribution in [1.82, 2.24) is 4.98 Å². The van der Waals surface area contributed by atoms with Gasteiger partial charge in [0.1, 0.15) is 11.6 Å². The molecule has 0 radical (unpaired) electrons. The van der Waals surface area contributed by atoms with Gasteiger partial charge in [-0.1, -0.05) is 18.2 Å². The fraction of sp³-hybridized carbons (Fsp3) is 0.105. The van der Waals surface area contributed by atoms with Gasteiger partial charge in [0.25, 0.3) is 10.0 Å². The third kappa shape index (κ3) is 4.00. The lowest BCUT2D eigenvalue weighted by atomic mass is 10.2. The molecule has 0 unspecified atom stereocenters. The minimum Gasteiger partial charge on any atom is -0.341 e. The topological polar surface area (TPSA) is 62.3 Å². The normalized spacial score (nSPS) is 11.2. The van der Waals surface area contributed by atoms with Gasteiger partial charge in [-0.25, -0.2) is 17.8 Å². The number of rotatable bonds is 6. The number of benzene rings is 2. The molecule has 2 aromatic carbocycles. The fourth-order valence-electron chi connectivity index (χ4n) is 2.54. The second kappa shape index (κ2) is 7.53. The predicted octanol–water partition coefficient (Wildman–Crippen LogP) is 4.18. The summed E-state index contributed by atoms with van der Waals surface area (Å²) in [7, 11) is -3.81. The molecule has 0 amide bonds. The molecule has 0 spiro atoms. The van der Waals surface area contributed by atoms with E-state index in [-0.39, 0.29) is 10.7 Å². The van der Waals surface area contributed by atoms with Gasteiger partial charge in [-0.3, -0.25) is 4.72 Å². The molecule has 0 aliphatic rings. The van der Waals surface area contributed by atoms with Crippen LogP contribution in [0.5, 0.6) is 0 Å². The highest BCUT2D eigenvalue weighted by Gasteiger charge is 2.15. The molecule has 0 aliphatic carbocycles. The zero-order chi connectivity index (χ0) is 18.6. The monoisotopic (exact) mass is 371 g/mol. The van der Waals surface area contributed by atoms with Crippen LogP contribution >= 0.6 is 0 Å². The average molecular weight is 371 g/mol. The molecule has 0 bridgehead atoms. The minimum atomic E-state index is -3.81. The highest BCUT2D eigenvalue weighted by atomic mass is 32.2. The van der Waals surface area contributed by atoms with Crippen molar-refractivity contribution >= 4 is 27.2 Å². The zero-order valence-corrected chi connectivity index (χ0v) is 14.9. The Morgan fingerprint density at radius 1 is 0.962 bits per heavy atom. The lowest BCUT2D eigenvalue weighted by molar-refractivity contribution is 0.599. The summed E-state index contributed by atoms with van der Waals surface area (Å²) in [4.78, 5) is 6.23. The molecule has 3 rings (SSSR count). The lowest BCUT2D eigenvalue weighted by Gasteiger charge is -2.23. The Kier molecular flexibility index (Phi) is 5.18. The van der Waals surface area contributed by atoms with Crippen LogP contribution in [-0.2, 0) is 10.0 Å². The summed E-state index contributed by atoms with van der Waals surface area (Å²) < 4.78 is 40.0. The van der Waals surface area contributed by atoms with Gasteiger partial charge in [-0.15, -0.1) is 0 Å². The molecule has 26 heavy (non-hydrogen) atoms. The SMILES string of the molecule is CCN(c1ccccc1)c1ccc(NS(=O)(=O)c2ccc(F)cc2)nc1. The molecule has 0 fully saturated rings. The first-order valence-electron chi connectivity index (χ1n) is 8.06. The Hall–Kier alpha value is -2.93. The van der Waals surface area contributed by atoms with Crippen LogP contribution in [0.3, 0.4) is 0 Å². The molecule has 1 aromatic heterocycles. The Bertz CT molecular complexity index is 960. The van der Waals surface area contributed by atoms with Gasteiger partial charge in [-0.2, -0.15) is 0 Å². The van der Waals surface area contributed by atoms with Gasteiger partial charge < -0.3 is 4.90 Å². The maximum absolute atomic E-state index is 13.0. The van der Waals surface area contributed by atoms with E-state index in [1.807, 2.05) is 37.3 Å². The molecule has 0 saturated heterocycles. The first-order valence-corrected chi connectivity index (χ1v) is 9.55. The first-order chi connectivity index (χ1) is 12.5. The van der Waals surface area contributed by atoms with Gasteiger partial charge in [-0.05, 0) is 55.5 Å². The molecule has 7 heteroatoms. The van der Waals surface area contributed by atoms with E-state index in [9.17, 15) is 12.8 Å². The van der Waals surface area contributed by atoms with E-state index in [0.29, 0.717) is 0 Å². The van der Waals surface area contributed by atoms with E-state index < -0.39 is 15.8 Å². The number of halogens is 1. The number of para-hydroxylation sites is 1. The van der Waals surface area contributed by atoms with Gasteiger partial charge >= 0.3 is 0 Å². The van der Waals surface area contributed by atoms with Crippen molar-refractivity contribution in [2.24, 2.45) is 0 Å². The second-order valence-electron chi connectivity index (χ2n) is 5.54. The van der Waals surface area contributed by atoms with Crippen molar-refractivity contribution in [3.63, 3.8) is 0 Å². The van der Waals surface area contributed by atoms with Crippen LogP contribution in [0.1, 0.15) is 6.92 Å². The van der Waals surface area contributed by atoms with Crippen molar-refractivity contribution in [1.29, 1.82) is 0 Å². The number of sulfonamides is 1. The first kappa shape index (κ1) is 17.9. The van der Waals surface area contributed by atoms with Crippen molar-refractivity contribution in [3.8, 4) is 0 Å². The van der Waals surface area contributed by atoms with E-state index in [1.165, 1.54) is 12.1 Å². The molecular weight excluding hydrogens is 353 g/mol. The number of hydrogen-bond acceptors (Lipinski definition) is 4. The molecule has 134 valence electrons. The summed E-state index contributed by atoms with van der Waals surface area (Å²) >= 11 is 0. The van der Waals surface area contributed by atoms with Crippen LogP contribution in [0.25, 0.3) is 0 Å². The van der Waals surface area contributed by atoms with Gasteiger partial charge in [0.2, 0.25) is 0 Å². The van der Waals surface area contributed by atoms with Crippen molar-refractivity contribution in [2.75, 3.05) is 16.2 Å². The van der Waals surface area contributed by atoms with Crippen LogP contribution < -0.4 is 9.62 Å². The summed E-state index contributed by atoms with van der Waals surface area (Å²) in [6.07, 6.45) is 1.61. The van der Waals surface area contributed by atoms with Crippen molar-refractivity contribution in [3.05, 3.63) is 78.7 Å². The number of aromatic nitrogens is 1. The number of nitrogens with one attached hydrogen (secondary N) is 1. The number of pyridine rings is 1. The van der Waals surface area contributed by atoms with Crippen LogP contribution in [0.2, 0.25) is 0 Å². The average Bonchev–Trinajstić information content (AvgIpc) is 2.65. The van der Waals surface area contributed by atoms with Crippen LogP contribution in [-0.4, -0.2) is 19.9 Å². The Balaban J connectivity index is 1.80. The number of nitrogens with zero attached hydrogens (tertiary/aromatic N) is 2. The standard InChI is InChI=1S/C19H18FN3O2S/c1-2-23(16-6-4-3-5-7-16)17-10-13-19(21-14-17)22-26(24,25)18-11-8-15(20)9-12-18/h3-14H,2H2,1H3,(H,21,22). The van der Waals surface area contributed by atoms with E-state index in [0.717, 1.165) is 30.1 Å². The van der Waals surface area contributed by atoms with Crippen LogP contribution in [0, 0.1) is 5.82 Å². The molecule has 1 heterocycles. The van der Waals surface area contributed by atoms with E-state index in [2.05, 4.69) is 14.6 Å². The fourth-order valence-corrected chi connectivity index (χ4v) is 3.55. The summed E-state index contributed by atoms with van der Waals surface area (Å²) in [6, 6.07) is 17.9. The molecular formula is C19H18FN3O2S. The summed E-state index contributed by atoms with van der Waals surface area (Å²) in [5.74, 6) is -0.297. The minimum absolute atomic E-state index is 0.0238. The van der Waals surface area contributed by atoms with Crippen molar-refractivity contribution in [2.45, 2.75) is 11.8 Å². The molecule has 1 N–H and O–H groups in total. The predicted molar refractivity (Wildman–Crippen MR) is 101 cm³/mol. The Morgan fingerprint density at radius 2 is 1.65 bits per heavy atom. The van der Waals surface area contributed by atoms with Gasteiger partial charge in [0.05, 0.1) is 16.8 Å². The third-order valence-corrected chi connectivity index (χ3v) is 5.18.